The predicted octanol–water partition coefficient (Wildman–Crippen LogP) is 2.88. The van der Waals surface area contributed by atoms with Crippen molar-refractivity contribution in [3.63, 3.8) is 0 Å². The normalized spacial score (nSPS) is 12.2. The van der Waals surface area contributed by atoms with Crippen LogP contribution in [0.15, 0.2) is 42.5 Å². The van der Waals surface area contributed by atoms with Crippen LogP contribution in [0.2, 0.25) is 0 Å². The summed E-state index contributed by atoms with van der Waals surface area (Å²) in [6, 6.07) is 15.4. The summed E-state index contributed by atoms with van der Waals surface area (Å²) in [6.45, 7) is 14.8. The van der Waals surface area contributed by atoms with E-state index in [4.69, 9.17) is 17.9 Å². The van der Waals surface area contributed by atoms with E-state index in [1.807, 2.05) is 12.1 Å². The highest BCUT2D eigenvalue weighted by Gasteiger charge is 2.14. The van der Waals surface area contributed by atoms with Gasteiger partial charge in [-0.1, -0.05) is 30.3 Å². The Bertz CT molecular complexity index is 1420. The number of benzene rings is 3. The van der Waals surface area contributed by atoms with E-state index in [1.54, 1.807) is 30.3 Å². The van der Waals surface area contributed by atoms with Gasteiger partial charge in [-0.05, 0) is 33.7 Å². The lowest BCUT2D eigenvalue weighted by Crippen LogP contribution is -2.18. The first-order valence-corrected chi connectivity index (χ1v) is 7.97. The molecule has 0 saturated carbocycles. The molecule has 0 spiro atoms. The Balaban J connectivity index is 2.86. The summed E-state index contributed by atoms with van der Waals surface area (Å²) >= 11 is 0. The number of carbonyl (C=O) groups is 1. The standard InChI is InChI=1S/C22H10N4O2/c1-25-18(11-23)20-14-6-4-5-7-15(14)21(19(12-24)26-2)17-10-13(22(27)28-3)8-9-16(17)20/h4-10H,3H3/b20-18+,21-19+. The van der Waals surface area contributed by atoms with Crippen molar-refractivity contribution in [3.8, 4) is 12.1 Å². The molecule has 0 aliphatic rings. The first-order valence-electron chi connectivity index (χ1n) is 7.97. The Morgan fingerprint density at radius 2 is 1.39 bits per heavy atom. The second kappa shape index (κ2) is 7.30. The van der Waals surface area contributed by atoms with Crippen LogP contribution in [-0.2, 0) is 4.74 Å². The molecule has 6 nitrogen and oxygen atoms in total. The highest BCUT2D eigenvalue weighted by Crippen LogP contribution is 2.19. The zero-order valence-corrected chi connectivity index (χ0v) is 14.6. The summed E-state index contributed by atoms with van der Waals surface area (Å²) < 4.78 is 4.77. The molecule has 130 valence electrons. The van der Waals surface area contributed by atoms with Crippen molar-refractivity contribution in [1.29, 1.82) is 10.5 Å². The van der Waals surface area contributed by atoms with E-state index in [0.717, 1.165) is 0 Å². The second-order valence-corrected chi connectivity index (χ2v) is 5.69. The molecule has 0 bridgehead atoms. The van der Waals surface area contributed by atoms with Crippen LogP contribution in [0.25, 0.3) is 42.6 Å². The van der Waals surface area contributed by atoms with E-state index in [-0.39, 0.29) is 17.0 Å². The third-order valence-corrected chi connectivity index (χ3v) is 4.35. The predicted molar refractivity (Wildman–Crippen MR) is 103 cm³/mol. The van der Waals surface area contributed by atoms with Gasteiger partial charge < -0.3 is 4.74 Å². The van der Waals surface area contributed by atoms with Gasteiger partial charge in [0.25, 0.3) is 11.4 Å². The average Bonchev–Trinajstić information content (AvgIpc) is 2.75. The minimum atomic E-state index is -0.571. The molecule has 0 unspecified atom stereocenters. The minimum Gasteiger partial charge on any atom is -0.465 e. The fourth-order valence-electron chi connectivity index (χ4n) is 3.21. The summed E-state index contributed by atoms with van der Waals surface area (Å²) in [5.41, 5.74) is -0.0166. The molecule has 3 aromatic rings. The molecule has 6 heteroatoms. The van der Waals surface area contributed by atoms with Crippen LogP contribution in [0, 0.1) is 35.8 Å². The third-order valence-electron chi connectivity index (χ3n) is 4.35. The number of methoxy groups -OCH3 is 1. The number of carbonyl (C=O) groups excluding carboxylic acids is 1. The largest absolute Gasteiger partial charge is 0.465 e. The van der Waals surface area contributed by atoms with Gasteiger partial charge in [-0.25, -0.2) is 25.0 Å². The van der Waals surface area contributed by atoms with Gasteiger partial charge in [0.1, 0.15) is 0 Å². The minimum absolute atomic E-state index is 0.111. The zero-order chi connectivity index (χ0) is 20.3. The Kier molecular flexibility index (Phi) is 4.73. The first kappa shape index (κ1) is 18.2. The molecule has 0 atom stereocenters. The van der Waals surface area contributed by atoms with E-state index in [9.17, 15) is 15.3 Å². The first-order chi connectivity index (χ1) is 13.6. The van der Waals surface area contributed by atoms with Gasteiger partial charge in [0, 0.05) is 10.4 Å². The molecule has 0 radical (unpaired) electrons. The molecule has 0 aromatic heterocycles. The fourth-order valence-corrected chi connectivity index (χ4v) is 3.21. The molecule has 28 heavy (non-hydrogen) atoms. The molecule has 0 aliphatic heterocycles. The maximum absolute atomic E-state index is 12.0. The maximum Gasteiger partial charge on any atom is 0.337 e. The smallest absolute Gasteiger partial charge is 0.337 e. The van der Waals surface area contributed by atoms with Crippen LogP contribution < -0.4 is 10.4 Å². The molecule has 0 amide bonds. The Hall–Kier alpha value is -4.65. The number of rotatable bonds is 1. The lowest BCUT2D eigenvalue weighted by molar-refractivity contribution is 0.0601. The summed E-state index contributed by atoms with van der Waals surface area (Å²) in [5, 5.41) is 21.8. The number of fused-ring (bicyclic) bond motifs is 2. The van der Waals surface area contributed by atoms with Gasteiger partial charge in [-0.3, -0.25) is 0 Å². The lowest BCUT2D eigenvalue weighted by atomic mass is 9.94. The Labute approximate surface area is 160 Å². The molecular formula is C22H10N4O2. The van der Waals surface area contributed by atoms with E-state index in [1.165, 1.54) is 19.2 Å². The maximum atomic E-state index is 12.0. The SMILES string of the molecule is [C-]#[N+]/C(C#N)=c1\c2ccccc2/c(=C(/C#N)[N+]#[C-])c2cc(C(=O)OC)ccc12. The van der Waals surface area contributed by atoms with E-state index in [2.05, 4.69) is 9.69 Å². The van der Waals surface area contributed by atoms with Crippen LogP contribution in [-0.4, -0.2) is 13.1 Å². The highest BCUT2D eigenvalue weighted by molar-refractivity contribution is 6.06. The van der Waals surface area contributed by atoms with Crippen molar-refractivity contribution in [1.82, 2.24) is 0 Å². The topological polar surface area (TPSA) is 82.6 Å². The summed E-state index contributed by atoms with van der Waals surface area (Å²) in [4.78, 5) is 18.7. The number of ether oxygens (including phenoxy) is 1. The van der Waals surface area contributed by atoms with Gasteiger partial charge in [0.2, 0.25) is 0 Å². The van der Waals surface area contributed by atoms with Crippen molar-refractivity contribution in [2.24, 2.45) is 0 Å². The van der Waals surface area contributed by atoms with Gasteiger partial charge in [-0.15, -0.1) is 0 Å². The summed E-state index contributed by atoms with van der Waals surface area (Å²) in [5.74, 6) is -0.571. The number of hydrogen-bond donors (Lipinski definition) is 0. The quantitative estimate of drug-likeness (QED) is 0.379. The molecule has 3 aromatic carbocycles. The highest BCUT2D eigenvalue weighted by atomic mass is 16.5. The molecule has 0 heterocycles. The van der Waals surface area contributed by atoms with Gasteiger partial charge >= 0.3 is 5.97 Å². The molecule has 3 rings (SSSR count). The zero-order valence-electron chi connectivity index (χ0n) is 14.6. The van der Waals surface area contributed by atoms with Crippen LogP contribution >= 0.6 is 0 Å². The molecular weight excluding hydrogens is 352 g/mol. The monoisotopic (exact) mass is 362 g/mol. The van der Waals surface area contributed by atoms with E-state index < -0.39 is 5.97 Å². The van der Waals surface area contributed by atoms with Crippen molar-refractivity contribution < 1.29 is 9.53 Å². The van der Waals surface area contributed by atoms with Gasteiger partial charge in [0.05, 0.1) is 38.0 Å². The van der Waals surface area contributed by atoms with Crippen molar-refractivity contribution in [2.45, 2.75) is 0 Å². The number of hydrogen-bond acceptors (Lipinski definition) is 4. The lowest BCUT2D eigenvalue weighted by Gasteiger charge is -2.10. The van der Waals surface area contributed by atoms with Crippen LogP contribution in [0.4, 0.5) is 0 Å². The molecule has 0 N–H and O–H groups in total. The summed E-state index contributed by atoms with van der Waals surface area (Å²) in [7, 11) is 1.26. The van der Waals surface area contributed by atoms with E-state index in [0.29, 0.717) is 32.0 Å². The van der Waals surface area contributed by atoms with Crippen molar-refractivity contribution in [3.05, 3.63) is 81.3 Å². The average molecular weight is 362 g/mol. The van der Waals surface area contributed by atoms with Gasteiger partial charge in [-0.2, -0.15) is 0 Å². The summed E-state index contributed by atoms with van der Waals surface area (Å²) in [6.07, 6.45) is 0. The Morgan fingerprint density at radius 3 is 1.86 bits per heavy atom. The fraction of sp³-hybridized carbons (Fsp3) is 0.0455. The molecule has 0 saturated heterocycles. The van der Waals surface area contributed by atoms with E-state index >= 15 is 0 Å². The number of esters is 1. The van der Waals surface area contributed by atoms with Crippen molar-refractivity contribution >= 4 is 38.9 Å². The Morgan fingerprint density at radius 1 is 0.893 bits per heavy atom. The van der Waals surface area contributed by atoms with Crippen LogP contribution in [0.3, 0.4) is 0 Å². The molecule has 0 fully saturated rings. The van der Waals surface area contributed by atoms with Gasteiger partial charge in [0.15, 0.2) is 0 Å². The number of nitriles is 2. The second-order valence-electron chi connectivity index (χ2n) is 5.69. The molecule has 0 aliphatic carbocycles. The van der Waals surface area contributed by atoms with Crippen LogP contribution in [0.5, 0.6) is 0 Å². The van der Waals surface area contributed by atoms with Crippen molar-refractivity contribution in [2.75, 3.05) is 7.11 Å². The number of nitrogens with zero attached hydrogens (tertiary/aromatic N) is 4. The third kappa shape index (κ3) is 2.69. The van der Waals surface area contributed by atoms with Crippen LogP contribution in [0.1, 0.15) is 10.4 Å².